The van der Waals surface area contributed by atoms with Crippen molar-refractivity contribution < 1.29 is 9.47 Å². The molecule has 0 bridgehead atoms. The summed E-state index contributed by atoms with van der Waals surface area (Å²) in [6.07, 6.45) is 0.719. The molecule has 0 amide bonds. The third kappa shape index (κ3) is 2.76. The fourth-order valence-corrected chi connectivity index (χ4v) is 1.72. The maximum absolute atomic E-state index is 6.13. The van der Waals surface area contributed by atoms with Crippen molar-refractivity contribution in [2.45, 2.75) is 19.4 Å². The van der Waals surface area contributed by atoms with Crippen molar-refractivity contribution in [2.24, 2.45) is 5.73 Å². The van der Waals surface area contributed by atoms with Gasteiger partial charge >= 0.3 is 0 Å². The second kappa shape index (κ2) is 5.56. The highest BCUT2D eigenvalue weighted by atomic mass is 16.5. The summed E-state index contributed by atoms with van der Waals surface area (Å²) >= 11 is 0. The first-order chi connectivity index (χ1) is 7.60. The molecular formula is C13H19NO2. The van der Waals surface area contributed by atoms with Gasteiger partial charge in [0.15, 0.2) is 0 Å². The molecule has 1 rings (SSSR count). The third-order valence-corrected chi connectivity index (χ3v) is 2.41. The van der Waals surface area contributed by atoms with Crippen LogP contribution in [0, 0.1) is 0 Å². The van der Waals surface area contributed by atoms with E-state index in [4.69, 9.17) is 15.2 Å². The molecule has 1 aromatic carbocycles. The van der Waals surface area contributed by atoms with E-state index in [0.29, 0.717) is 0 Å². The minimum atomic E-state index is -0.149. The number of ether oxygens (including phenoxy) is 2. The molecule has 0 radical (unpaired) electrons. The van der Waals surface area contributed by atoms with Crippen molar-refractivity contribution >= 4 is 0 Å². The van der Waals surface area contributed by atoms with E-state index in [1.165, 1.54) is 0 Å². The summed E-state index contributed by atoms with van der Waals surface area (Å²) in [4.78, 5) is 0. The zero-order chi connectivity index (χ0) is 12.1. The molecule has 3 heteroatoms. The molecule has 0 spiro atoms. The second-order valence-electron chi connectivity index (χ2n) is 3.84. The second-order valence-corrected chi connectivity index (χ2v) is 3.84. The molecular weight excluding hydrogens is 202 g/mol. The Morgan fingerprint density at radius 1 is 1.31 bits per heavy atom. The molecule has 3 nitrogen and oxygen atoms in total. The molecule has 1 aromatic rings. The minimum absolute atomic E-state index is 0.149. The Labute approximate surface area is 96.9 Å². The first kappa shape index (κ1) is 12.6. The van der Waals surface area contributed by atoms with Gasteiger partial charge in [0.1, 0.15) is 11.5 Å². The van der Waals surface area contributed by atoms with Crippen LogP contribution in [0.1, 0.15) is 24.9 Å². The van der Waals surface area contributed by atoms with Crippen molar-refractivity contribution in [1.82, 2.24) is 0 Å². The Bertz CT molecular complexity index is 352. The highest BCUT2D eigenvalue weighted by Crippen LogP contribution is 2.35. The largest absolute Gasteiger partial charge is 0.496 e. The van der Waals surface area contributed by atoms with Gasteiger partial charge in [0, 0.05) is 6.04 Å². The van der Waals surface area contributed by atoms with Crippen molar-refractivity contribution in [1.29, 1.82) is 0 Å². The predicted molar refractivity (Wildman–Crippen MR) is 65.9 cm³/mol. The maximum Gasteiger partial charge on any atom is 0.127 e. The molecule has 0 fully saturated rings. The van der Waals surface area contributed by atoms with E-state index < -0.39 is 0 Å². The highest BCUT2D eigenvalue weighted by molar-refractivity contribution is 5.47. The topological polar surface area (TPSA) is 44.5 Å². The third-order valence-electron chi connectivity index (χ3n) is 2.41. The molecule has 0 heterocycles. The maximum atomic E-state index is 6.13. The fourth-order valence-electron chi connectivity index (χ4n) is 1.72. The van der Waals surface area contributed by atoms with Crippen LogP contribution < -0.4 is 15.2 Å². The average molecular weight is 221 g/mol. The number of rotatable bonds is 5. The van der Waals surface area contributed by atoms with Crippen LogP contribution in [0.2, 0.25) is 0 Å². The molecule has 0 saturated carbocycles. The van der Waals surface area contributed by atoms with Crippen LogP contribution in [0.5, 0.6) is 11.5 Å². The van der Waals surface area contributed by atoms with E-state index in [1.807, 2.05) is 25.1 Å². The van der Waals surface area contributed by atoms with E-state index >= 15 is 0 Å². The zero-order valence-electron chi connectivity index (χ0n) is 10.1. The molecule has 0 aliphatic heterocycles. The van der Waals surface area contributed by atoms with E-state index in [0.717, 1.165) is 29.1 Å². The Hall–Kier alpha value is -1.48. The Kier molecular flexibility index (Phi) is 4.38. The summed E-state index contributed by atoms with van der Waals surface area (Å²) in [7, 11) is 3.26. The molecule has 0 aliphatic rings. The van der Waals surface area contributed by atoms with Gasteiger partial charge in [-0.25, -0.2) is 0 Å². The van der Waals surface area contributed by atoms with Crippen LogP contribution in [0.15, 0.2) is 30.4 Å². The number of methoxy groups -OCH3 is 2. The number of hydrogen-bond acceptors (Lipinski definition) is 3. The SMILES string of the molecule is C=C(C)CC(N)c1c(OC)cccc1OC. The van der Waals surface area contributed by atoms with Crippen LogP contribution in [-0.4, -0.2) is 14.2 Å². The summed E-state index contributed by atoms with van der Waals surface area (Å²) in [5.74, 6) is 1.52. The van der Waals surface area contributed by atoms with Gasteiger partial charge in [0.25, 0.3) is 0 Å². The minimum Gasteiger partial charge on any atom is -0.496 e. The summed E-state index contributed by atoms with van der Waals surface area (Å²) in [6, 6.07) is 5.50. The van der Waals surface area contributed by atoms with Crippen molar-refractivity contribution in [3.63, 3.8) is 0 Å². The quantitative estimate of drug-likeness (QED) is 0.777. The standard InChI is InChI=1S/C13H19NO2/c1-9(2)8-10(14)13-11(15-3)6-5-7-12(13)16-4/h5-7,10H,1,8,14H2,2-4H3. The van der Waals surface area contributed by atoms with E-state index in [1.54, 1.807) is 14.2 Å². The van der Waals surface area contributed by atoms with Gasteiger partial charge in [-0.05, 0) is 25.5 Å². The van der Waals surface area contributed by atoms with Crippen molar-refractivity contribution in [2.75, 3.05) is 14.2 Å². The van der Waals surface area contributed by atoms with Gasteiger partial charge in [0.2, 0.25) is 0 Å². The lowest BCUT2D eigenvalue weighted by Gasteiger charge is -2.18. The van der Waals surface area contributed by atoms with Gasteiger partial charge in [0.05, 0.1) is 19.8 Å². The van der Waals surface area contributed by atoms with Gasteiger partial charge < -0.3 is 15.2 Å². The monoisotopic (exact) mass is 221 g/mol. The molecule has 88 valence electrons. The highest BCUT2D eigenvalue weighted by Gasteiger charge is 2.17. The van der Waals surface area contributed by atoms with Crippen LogP contribution in [-0.2, 0) is 0 Å². The zero-order valence-corrected chi connectivity index (χ0v) is 10.1. The Morgan fingerprint density at radius 3 is 2.19 bits per heavy atom. The van der Waals surface area contributed by atoms with Crippen molar-refractivity contribution in [3.8, 4) is 11.5 Å². The van der Waals surface area contributed by atoms with Crippen LogP contribution >= 0.6 is 0 Å². The number of benzene rings is 1. The van der Waals surface area contributed by atoms with Crippen LogP contribution in [0.25, 0.3) is 0 Å². The van der Waals surface area contributed by atoms with Crippen LogP contribution in [0.3, 0.4) is 0 Å². The first-order valence-electron chi connectivity index (χ1n) is 5.21. The van der Waals surface area contributed by atoms with Crippen molar-refractivity contribution in [3.05, 3.63) is 35.9 Å². The summed E-state index contributed by atoms with van der Waals surface area (Å²) < 4.78 is 10.6. The lowest BCUT2D eigenvalue weighted by Crippen LogP contribution is -2.13. The van der Waals surface area contributed by atoms with E-state index in [2.05, 4.69) is 6.58 Å². The number of hydrogen-bond donors (Lipinski definition) is 1. The number of nitrogens with two attached hydrogens (primary N) is 1. The van der Waals surface area contributed by atoms with Gasteiger partial charge in [-0.1, -0.05) is 11.6 Å². The van der Waals surface area contributed by atoms with Gasteiger partial charge in [-0.15, -0.1) is 6.58 Å². The van der Waals surface area contributed by atoms with E-state index in [-0.39, 0.29) is 6.04 Å². The van der Waals surface area contributed by atoms with Gasteiger partial charge in [-0.3, -0.25) is 0 Å². The van der Waals surface area contributed by atoms with Crippen LogP contribution in [0.4, 0.5) is 0 Å². The Morgan fingerprint density at radius 2 is 1.81 bits per heavy atom. The molecule has 0 aliphatic carbocycles. The first-order valence-corrected chi connectivity index (χ1v) is 5.21. The molecule has 2 N–H and O–H groups in total. The summed E-state index contributed by atoms with van der Waals surface area (Å²) in [6.45, 7) is 5.83. The van der Waals surface area contributed by atoms with E-state index in [9.17, 15) is 0 Å². The summed E-state index contributed by atoms with van der Waals surface area (Å²) in [5, 5.41) is 0. The molecule has 1 atom stereocenters. The lowest BCUT2D eigenvalue weighted by atomic mass is 9.99. The molecule has 0 saturated heterocycles. The molecule has 16 heavy (non-hydrogen) atoms. The molecule has 1 unspecified atom stereocenters. The smallest absolute Gasteiger partial charge is 0.127 e. The molecule has 0 aromatic heterocycles. The normalized spacial score (nSPS) is 12.0. The average Bonchev–Trinajstić information content (AvgIpc) is 2.26. The van der Waals surface area contributed by atoms with Gasteiger partial charge in [-0.2, -0.15) is 0 Å². The Balaban J connectivity index is 3.12. The summed E-state index contributed by atoms with van der Waals surface area (Å²) in [5.41, 5.74) is 8.07. The fraction of sp³-hybridized carbons (Fsp3) is 0.385. The lowest BCUT2D eigenvalue weighted by molar-refractivity contribution is 0.379. The predicted octanol–water partition coefficient (Wildman–Crippen LogP) is 2.67.